The molecule has 0 saturated carbocycles. The van der Waals surface area contributed by atoms with Crippen LogP contribution in [-0.2, 0) is 22.6 Å². The van der Waals surface area contributed by atoms with Crippen LogP contribution in [0, 0.1) is 0 Å². The molecule has 1 aromatic rings. The summed E-state index contributed by atoms with van der Waals surface area (Å²) in [6.45, 7) is 7.39. The summed E-state index contributed by atoms with van der Waals surface area (Å²) in [5.74, 6) is 0.722. The van der Waals surface area contributed by atoms with Crippen molar-refractivity contribution in [2.75, 3.05) is 26.3 Å². The number of rotatable bonds is 11. The first-order chi connectivity index (χ1) is 12.8. The van der Waals surface area contributed by atoms with Gasteiger partial charge < -0.3 is 20.1 Å². The van der Waals surface area contributed by atoms with Gasteiger partial charge in [-0.1, -0.05) is 24.3 Å². The van der Waals surface area contributed by atoms with Gasteiger partial charge in [0, 0.05) is 19.7 Å². The predicted molar refractivity (Wildman–Crippen MR) is 116 cm³/mol. The van der Waals surface area contributed by atoms with Gasteiger partial charge in [0.25, 0.3) is 0 Å². The number of aliphatic imine (C=N–C) groups is 1. The second-order valence-electron chi connectivity index (χ2n) is 6.32. The van der Waals surface area contributed by atoms with E-state index in [1.54, 1.807) is 12.1 Å². The molecule has 0 radical (unpaired) electrons. The van der Waals surface area contributed by atoms with Gasteiger partial charge in [-0.05, 0) is 38.3 Å². The number of guanidine groups is 1. The van der Waals surface area contributed by atoms with Crippen LogP contribution in [0.4, 0.5) is 13.2 Å². The van der Waals surface area contributed by atoms with Crippen molar-refractivity contribution in [2.24, 2.45) is 4.99 Å². The fraction of sp³-hybridized carbons (Fsp3) is 0.632. The highest BCUT2D eigenvalue weighted by atomic mass is 127. The van der Waals surface area contributed by atoms with Crippen molar-refractivity contribution in [1.82, 2.24) is 10.6 Å². The maximum atomic E-state index is 12.1. The minimum Gasteiger partial charge on any atom is -0.379 e. The monoisotopic (exact) mass is 517 g/mol. The smallest absolute Gasteiger partial charge is 0.379 e. The molecule has 0 fully saturated rings. The zero-order valence-electron chi connectivity index (χ0n) is 16.6. The van der Waals surface area contributed by atoms with E-state index < -0.39 is 12.8 Å². The molecule has 1 aromatic carbocycles. The van der Waals surface area contributed by atoms with Gasteiger partial charge in [-0.3, -0.25) is 0 Å². The molecule has 0 aliphatic carbocycles. The molecular weight excluding hydrogens is 486 g/mol. The third-order valence-electron chi connectivity index (χ3n) is 3.39. The zero-order valence-corrected chi connectivity index (χ0v) is 19.0. The molecule has 1 rings (SSSR count). The molecule has 9 heteroatoms. The van der Waals surface area contributed by atoms with Gasteiger partial charge >= 0.3 is 6.18 Å². The normalized spacial score (nSPS) is 12.0. The van der Waals surface area contributed by atoms with Crippen molar-refractivity contribution >= 4 is 29.9 Å². The van der Waals surface area contributed by atoms with E-state index in [1.807, 2.05) is 32.9 Å². The van der Waals surface area contributed by atoms with Gasteiger partial charge in [-0.25, -0.2) is 4.99 Å². The fourth-order valence-electron chi connectivity index (χ4n) is 2.14. The molecular formula is C19H31F3IN3O2. The minimum atomic E-state index is -4.30. The molecule has 0 aliphatic heterocycles. The Morgan fingerprint density at radius 2 is 1.75 bits per heavy atom. The van der Waals surface area contributed by atoms with Crippen molar-refractivity contribution in [1.29, 1.82) is 0 Å². The number of hydrogen-bond acceptors (Lipinski definition) is 3. The van der Waals surface area contributed by atoms with Crippen LogP contribution in [0.2, 0.25) is 0 Å². The molecule has 0 aliphatic rings. The Balaban J connectivity index is 0.00000729. The van der Waals surface area contributed by atoms with Gasteiger partial charge in [0.1, 0.15) is 6.61 Å². The van der Waals surface area contributed by atoms with Crippen LogP contribution in [0.3, 0.4) is 0 Å². The van der Waals surface area contributed by atoms with Gasteiger partial charge in [0.2, 0.25) is 0 Å². The van der Waals surface area contributed by atoms with Crippen LogP contribution in [-0.4, -0.2) is 44.5 Å². The van der Waals surface area contributed by atoms with Gasteiger partial charge in [-0.2, -0.15) is 13.2 Å². The van der Waals surface area contributed by atoms with Crippen LogP contribution in [0.25, 0.3) is 0 Å². The third-order valence-corrected chi connectivity index (χ3v) is 3.39. The molecule has 0 amide bonds. The number of nitrogens with zero attached hydrogens (tertiary/aromatic N) is 1. The molecule has 2 N–H and O–H groups in total. The number of ether oxygens (including phenoxy) is 2. The SMILES string of the molecule is CCNC(=NCc1ccc(COCC(F)(F)F)cc1)NCCCOC(C)C.I. The van der Waals surface area contributed by atoms with Gasteiger partial charge in [0.05, 0.1) is 19.3 Å². The predicted octanol–water partition coefficient (Wildman–Crippen LogP) is 4.25. The Labute approximate surface area is 182 Å². The summed E-state index contributed by atoms with van der Waals surface area (Å²) in [6.07, 6.45) is -3.19. The highest BCUT2D eigenvalue weighted by Crippen LogP contribution is 2.16. The van der Waals surface area contributed by atoms with Crippen molar-refractivity contribution in [3.05, 3.63) is 35.4 Å². The standard InChI is InChI=1S/C19H30F3N3O2.HI/c1-4-23-18(24-10-5-11-27-15(2)3)25-12-16-6-8-17(9-7-16)13-26-14-19(20,21)22;/h6-9,15H,4-5,10-14H2,1-3H3,(H2,23,24,25);1H. The first kappa shape index (κ1) is 26.9. The van der Waals surface area contributed by atoms with E-state index in [2.05, 4.69) is 20.4 Å². The number of benzene rings is 1. The second-order valence-corrected chi connectivity index (χ2v) is 6.32. The summed E-state index contributed by atoms with van der Waals surface area (Å²) in [7, 11) is 0. The quantitative estimate of drug-likeness (QED) is 0.200. The van der Waals surface area contributed by atoms with Crippen LogP contribution in [0.5, 0.6) is 0 Å². The van der Waals surface area contributed by atoms with E-state index in [0.717, 1.165) is 31.0 Å². The molecule has 162 valence electrons. The summed E-state index contributed by atoms with van der Waals surface area (Å²) < 4.78 is 46.4. The van der Waals surface area contributed by atoms with Crippen LogP contribution >= 0.6 is 24.0 Å². The average Bonchev–Trinajstić information content (AvgIpc) is 2.59. The Bertz CT molecular complexity index is 552. The molecule has 0 heterocycles. The van der Waals surface area contributed by atoms with Crippen LogP contribution in [0.1, 0.15) is 38.3 Å². The lowest BCUT2D eigenvalue weighted by Gasteiger charge is -2.12. The second kappa shape index (κ2) is 14.9. The number of hydrogen-bond donors (Lipinski definition) is 2. The molecule has 0 unspecified atom stereocenters. The Morgan fingerprint density at radius 3 is 2.32 bits per heavy atom. The van der Waals surface area contributed by atoms with Crippen molar-refractivity contribution in [2.45, 2.75) is 52.6 Å². The molecule has 0 saturated heterocycles. The molecule has 5 nitrogen and oxygen atoms in total. The highest BCUT2D eigenvalue weighted by molar-refractivity contribution is 14.0. The summed E-state index contributed by atoms with van der Waals surface area (Å²) in [5.41, 5.74) is 1.66. The maximum Gasteiger partial charge on any atom is 0.411 e. The van der Waals surface area contributed by atoms with E-state index in [9.17, 15) is 13.2 Å². The van der Waals surface area contributed by atoms with E-state index in [1.165, 1.54) is 0 Å². The van der Waals surface area contributed by atoms with Crippen LogP contribution in [0.15, 0.2) is 29.3 Å². The lowest BCUT2D eigenvalue weighted by Crippen LogP contribution is -2.38. The summed E-state index contributed by atoms with van der Waals surface area (Å²) in [4.78, 5) is 4.51. The molecule has 0 atom stereocenters. The van der Waals surface area contributed by atoms with E-state index in [-0.39, 0.29) is 36.7 Å². The third kappa shape index (κ3) is 14.0. The summed E-state index contributed by atoms with van der Waals surface area (Å²) in [5, 5.41) is 6.43. The van der Waals surface area contributed by atoms with Crippen LogP contribution < -0.4 is 10.6 Å². The Hall–Kier alpha value is -1.07. The van der Waals surface area contributed by atoms with Crippen molar-refractivity contribution < 1.29 is 22.6 Å². The topological polar surface area (TPSA) is 54.9 Å². The zero-order chi connectivity index (χ0) is 20.1. The van der Waals surface area contributed by atoms with Gasteiger partial charge in [0.15, 0.2) is 5.96 Å². The lowest BCUT2D eigenvalue weighted by atomic mass is 10.1. The average molecular weight is 517 g/mol. The number of alkyl halides is 3. The first-order valence-electron chi connectivity index (χ1n) is 9.16. The van der Waals surface area contributed by atoms with Crippen molar-refractivity contribution in [3.63, 3.8) is 0 Å². The molecule has 0 aromatic heterocycles. The number of nitrogens with one attached hydrogen (secondary N) is 2. The van der Waals surface area contributed by atoms with E-state index in [0.29, 0.717) is 18.7 Å². The fourth-order valence-corrected chi connectivity index (χ4v) is 2.14. The lowest BCUT2D eigenvalue weighted by molar-refractivity contribution is -0.176. The summed E-state index contributed by atoms with van der Waals surface area (Å²) >= 11 is 0. The number of halogens is 4. The van der Waals surface area contributed by atoms with Crippen molar-refractivity contribution in [3.8, 4) is 0 Å². The van der Waals surface area contributed by atoms with Gasteiger partial charge in [-0.15, -0.1) is 24.0 Å². The van der Waals surface area contributed by atoms with E-state index in [4.69, 9.17) is 4.74 Å². The summed E-state index contributed by atoms with van der Waals surface area (Å²) in [6, 6.07) is 7.20. The molecule has 0 spiro atoms. The Morgan fingerprint density at radius 1 is 1.11 bits per heavy atom. The molecule has 0 bridgehead atoms. The molecule has 28 heavy (non-hydrogen) atoms. The van der Waals surface area contributed by atoms with E-state index >= 15 is 0 Å². The Kier molecular flexibility index (Phi) is 14.3. The highest BCUT2D eigenvalue weighted by Gasteiger charge is 2.27. The minimum absolute atomic E-state index is 0. The first-order valence-corrected chi connectivity index (χ1v) is 9.16. The largest absolute Gasteiger partial charge is 0.411 e. The maximum absolute atomic E-state index is 12.1.